The van der Waals surface area contributed by atoms with Crippen LogP contribution in [0.4, 0.5) is 0 Å². The van der Waals surface area contributed by atoms with Crippen LogP contribution in [0.15, 0.2) is 22.8 Å². The first kappa shape index (κ1) is 14.1. The topological polar surface area (TPSA) is 63.5 Å². The molecule has 2 N–H and O–H groups in total. The van der Waals surface area contributed by atoms with Gasteiger partial charge in [0.1, 0.15) is 12.4 Å². The average Bonchev–Trinajstić information content (AvgIpc) is 3.04. The number of carbonyl (C=O) groups is 1. The molecule has 0 spiro atoms. The zero-order chi connectivity index (χ0) is 13.5. The molecule has 5 heteroatoms. The zero-order valence-corrected chi connectivity index (χ0v) is 11.4. The molecular weight excluding hydrogens is 244 g/mol. The summed E-state index contributed by atoms with van der Waals surface area (Å²) in [4.78, 5) is 11.9. The summed E-state index contributed by atoms with van der Waals surface area (Å²) < 4.78 is 10.6. The van der Waals surface area contributed by atoms with E-state index in [0.717, 1.165) is 25.3 Å². The van der Waals surface area contributed by atoms with E-state index in [4.69, 9.17) is 9.15 Å². The van der Waals surface area contributed by atoms with Crippen LogP contribution in [0.1, 0.15) is 19.1 Å². The molecule has 0 saturated carbocycles. The van der Waals surface area contributed by atoms with Gasteiger partial charge in [-0.2, -0.15) is 0 Å². The second-order valence-electron chi connectivity index (χ2n) is 5.02. The average molecular weight is 266 g/mol. The summed E-state index contributed by atoms with van der Waals surface area (Å²) >= 11 is 0. The van der Waals surface area contributed by atoms with Gasteiger partial charge in [-0.05, 0) is 31.0 Å². The number of hydrogen-bond donors (Lipinski definition) is 2. The van der Waals surface area contributed by atoms with Crippen molar-refractivity contribution >= 4 is 5.91 Å². The van der Waals surface area contributed by atoms with E-state index in [1.54, 1.807) is 6.26 Å². The van der Waals surface area contributed by atoms with E-state index in [2.05, 4.69) is 17.6 Å². The van der Waals surface area contributed by atoms with Crippen LogP contribution in [0.3, 0.4) is 0 Å². The first-order valence-electron chi connectivity index (χ1n) is 6.86. The number of carbonyl (C=O) groups excluding carboxylic acids is 1. The number of hydrogen-bond acceptors (Lipinski definition) is 4. The van der Waals surface area contributed by atoms with Gasteiger partial charge >= 0.3 is 0 Å². The van der Waals surface area contributed by atoms with Crippen molar-refractivity contribution in [3.8, 4) is 0 Å². The minimum Gasteiger partial charge on any atom is -0.467 e. The molecule has 0 aliphatic carbocycles. The fraction of sp³-hybridized carbons (Fsp3) is 0.643. The molecule has 1 aliphatic heterocycles. The molecule has 0 aromatic carbocycles. The molecule has 19 heavy (non-hydrogen) atoms. The second-order valence-corrected chi connectivity index (χ2v) is 5.02. The smallest absolute Gasteiger partial charge is 0.224 e. The van der Waals surface area contributed by atoms with Gasteiger partial charge in [-0.1, -0.05) is 6.92 Å². The molecule has 2 rings (SSSR count). The highest BCUT2D eigenvalue weighted by atomic mass is 16.5. The van der Waals surface area contributed by atoms with E-state index in [-0.39, 0.29) is 11.8 Å². The van der Waals surface area contributed by atoms with E-state index in [1.165, 1.54) is 0 Å². The van der Waals surface area contributed by atoms with Crippen LogP contribution in [-0.4, -0.2) is 32.1 Å². The molecular formula is C14H22N2O3. The van der Waals surface area contributed by atoms with Gasteiger partial charge < -0.3 is 19.8 Å². The number of furan rings is 1. The first-order chi connectivity index (χ1) is 9.27. The molecule has 106 valence electrons. The summed E-state index contributed by atoms with van der Waals surface area (Å²) in [7, 11) is 0. The first-order valence-corrected chi connectivity index (χ1v) is 6.86. The van der Waals surface area contributed by atoms with Gasteiger partial charge in [0.25, 0.3) is 0 Å². The highest BCUT2D eigenvalue weighted by Crippen LogP contribution is 2.15. The molecule has 2 heterocycles. The highest BCUT2D eigenvalue weighted by molar-refractivity contribution is 5.79. The number of ether oxygens (including phenoxy) is 1. The van der Waals surface area contributed by atoms with Crippen molar-refractivity contribution in [2.24, 2.45) is 11.8 Å². The summed E-state index contributed by atoms with van der Waals surface area (Å²) in [5, 5.41) is 6.20. The molecule has 0 bridgehead atoms. The third-order valence-electron chi connectivity index (χ3n) is 3.44. The van der Waals surface area contributed by atoms with Crippen molar-refractivity contribution in [1.29, 1.82) is 0 Å². The van der Waals surface area contributed by atoms with Crippen molar-refractivity contribution in [2.75, 3.05) is 26.2 Å². The third-order valence-corrected chi connectivity index (χ3v) is 3.44. The molecule has 2 atom stereocenters. The molecule has 1 fully saturated rings. The molecule has 2 unspecified atom stereocenters. The molecule has 1 amide bonds. The summed E-state index contributed by atoms with van der Waals surface area (Å²) in [6, 6.07) is 3.73. The van der Waals surface area contributed by atoms with E-state index in [9.17, 15) is 4.79 Å². The fourth-order valence-electron chi connectivity index (χ4n) is 2.25. The van der Waals surface area contributed by atoms with Crippen LogP contribution in [0.2, 0.25) is 0 Å². The Morgan fingerprint density at radius 3 is 3.16 bits per heavy atom. The van der Waals surface area contributed by atoms with E-state index < -0.39 is 0 Å². The van der Waals surface area contributed by atoms with Crippen LogP contribution in [0.25, 0.3) is 0 Å². The summed E-state index contributed by atoms with van der Waals surface area (Å²) in [6.07, 6.45) is 2.46. The van der Waals surface area contributed by atoms with Crippen molar-refractivity contribution in [2.45, 2.75) is 20.0 Å². The Bertz CT molecular complexity index is 378. The quantitative estimate of drug-likeness (QED) is 0.727. The van der Waals surface area contributed by atoms with Gasteiger partial charge in [-0.3, -0.25) is 4.79 Å². The van der Waals surface area contributed by atoms with Crippen LogP contribution >= 0.6 is 0 Å². The van der Waals surface area contributed by atoms with Gasteiger partial charge in [0.05, 0.1) is 12.2 Å². The minimum atomic E-state index is 0.115. The number of nitrogens with one attached hydrogen (secondary N) is 2. The highest BCUT2D eigenvalue weighted by Gasteiger charge is 2.28. The van der Waals surface area contributed by atoms with E-state index in [0.29, 0.717) is 25.7 Å². The Balaban J connectivity index is 1.51. The van der Waals surface area contributed by atoms with Crippen LogP contribution in [-0.2, 0) is 16.1 Å². The van der Waals surface area contributed by atoms with Gasteiger partial charge in [-0.15, -0.1) is 0 Å². The predicted octanol–water partition coefficient (Wildman–Crippen LogP) is 1.16. The van der Waals surface area contributed by atoms with E-state index in [1.807, 2.05) is 12.1 Å². The Kier molecular flexibility index (Phi) is 5.42. The lowest BCUT2D eigenvalue weighted by Crippen LogP contribution is -2.35. The largest absolute Gasteiger partial charge is 0.467 e. The summed E-state index contributed by atoms with van der Waals surface area (Å²) in [5.74, 6) is 1.53. The van der Waals surface area contributed by atoms with E-state index >= 15 is 0 Å². The van der Waals surface area contributed by atoms with Crippen LogP contribution in [0, 0.1) is 11.8 Å². The molecule has 1 saturated heterocycles. The molecule has 1 aromatic heterocycles. The van der Waals surface area contributed by atoms with Gasteiger partial charge in [-0.25, -0.2) is 0 Å². The standard InChI is InChI=1S/C14H22N2O3/c1-11-8-15-9-13(11)14(17)16-5-3-6-18-10-12-4-2-7-19-12/h2,4,7,11,13,15H,3,5-6,8-10H2,1H3,(H,16,17). The maximum Gasteiger partial charge on any atom is 0.224 e. The molecule has 1 aromatic rings. The summed E-state index contributed by atoms with van der Waals surface area (Å²) in [6.45, 7) is 5.62. The van der Waals surface area contributed by atoms with Gasteiger partial charge in [0.2, 0.25) is 5.91 Å². The Morgan fingerprint density at radius 2 is 2.47 bits per heavy atom. The van der Waals surface area contributed by atoms with Crippen molar-refractivity contribution in [3.05, 3.63) is 24.2 Å². The monoisotopic (exact) mass is 266 g/mol. The molecule has 1 aliphatic rings. The SMILES string of the molecule is CC1CNCC1C(=O)NCCCOCc1ccco1. The number of amides is 1. The zero-order valence-electron chi connectivity index (χ0n) is 11.4. The Hall–Kier alpha value is -1.33. The lowest BCUT2D eigenvalue weighted by atomic mass is 9.97. The third kappa shape index (κ3) is 4.36. The van der Waals surface area contributed by atoms with Crippen molar-refractivity contribution < 1.29 is 13.9 Å². The van der Waals surface area contributed by atoms with Crippen LogP contribution < -0.4 is 10.6 Å². The van der Waals surface area contributed by atoms with Crippen LogP contribution in [0.5, 0.6) is 0 Å². The van der Waals surface area contributed by atoms with Gasteiger partial charge in [0, 0.05) is 19.7 Å². The lowest BCUT2D eigenvalue weighted by Gasteiger charge is -2.14. The Labute approximate surface area is 113 Å². The fourth-order valence-corrected chi connectivity index (χ4v) is 2.25. The molecule has 0 radical (unpaired) electrons. The maximum absolute atomic E-state index is 11.9. The lowest BCUT2D eigenvalue weighted by molar-refractivity contribution is -0.125. The minimum absolute atomic E-state index is 0.115. The maximum atomic E-state index is 11.9. The summed E-state index contributed by atoms with van der Waals surface area (Å²) in [5.41, 5.74) is 0. The number of rotatable bonds is 7. The normalized spacial score (nSPS) is 22.6. The molecule has 5 nitrogen and oxygen atoms in total. The Morgan fingerprint density at radius 1 is 1.58 bits per heavy atom. The van der Waals surface area contributed by atoms with Crippen molar-refractivity contribution in [3.63, 3.8) is 0 Å². The van der Waals surface area contributed by atoms with Crippen molar-refractivity contribution in [1.82, 2.24) is 10.6 Å². The van der Waals surface area contributed by atoms with Gasteiger partial charge in [0.15, 0.2) is 0 Å². The predicted molar refractivity (Wildman–Crippen MR) is 71.5 cm³/mol. The second kappa shape index (κ2) is 7.31.